The predicted molar refractivity (Wildman–Crippen MR) is 141 cm³/mol. The highest BCUT2D eigenvalue weighted by atomic mass is 32.1. The summed E-state index contributed by atoms with van der Waals surface area (Å²) in [6.07, 6.45) is 7.87. The van der Waals surface area contributed by atoms with Crippen molar-refractivity contribution in [2.24, 2.45) is 5.92 Å². The monoisotopic (exact) mass is 461 g/mol. The van der Waals surface area contributed by atoms with Gasteiger partial charge in [0, 0.05) is 17.8 Å². The summed E-state index contributed by atoms with van der Waals surface area (Å²) in [7, 11) is 0. The molecule has 2 atom stereocenters. The lowest BCUT2D eigenvalue weighted by Gasteiger charge is -2.33. The fraction of sp³-hybridized carbons (Fsp3) is 0.731. The van der Waals surface area contributed by atoms with E-state index in [1.807, 2.05) is 16.2 Å². The van der Waals surface area contributed by atoms with Crippen molar-refractivity contribution in [2.75, 3.05) is 13.1 Å². The Labute approximate surface area is 201 Å². The van der Waals surface area contributed by atoms with Gasteiger partial charge in [0.1, 0.15) is 16.7 Å². The molecule has 0 spiro atoms. The Morgan fingerprint density at radius 2 is 1.84 bits per heavy atom. The SMILES string of the molecule is C=C.CCN(Cc1nc(C(C)CCCC(C)C)c(C)s1)C(C)C(=N)N1CCCCCC1=N. The van der Waals surface area contributed by atoms with Crippen LogP contribution in [0.3, 0.4) is 0 Å². The Hall–Kier alpha value is -1.53. The maximum Gasteiger partial charge on any atom is 0.119 e. The lowest BCUT2D eigenvalue weighted by Crippen LogP contribution is -2.48. The summed E-state index contributed by atoms with van der Waals surface area (Å²) in [6, 6.07) is -0.00966. The van der Waals surface area contributed by atoms with E-state index < -0.39 is 0 Å². The molecule has 0 aromatic carbocycles. The molecule has 1 aliphatic rings. The number of rotatable bonds is 10. The number of thiazole rings is 1. The summed E-state index contributed by atoms with van der Waals surface area (Å²) >= 11 is 1.82. The maximum absolute atomic E-state index is 8.77. The first-order chi connectivity index (χ1) is 15.2. The number of hydrogen-bond donors (Lipinski definition) is 2. The van der Waals surface area contributed by atoms with Crippen LogP contribution in [0.1, 0.15) is 101 Å². The molecule has 0 radical (unpaired) electrons. The molecule has 182 valence electrons. The van der Waals surface area contributed by atoms with Gasteiger partial charge in [-0.2, -0.15) is 0 Å². The molecule has 1 aromatic rings. The summed E-state index contributed by atoms with van der Waals surface area (Å²) in [5, 5.41) is 18.3. The molecule has 32 heavy (non-hydrogen) atoms. The summed E-state index contributed by atoms with van der Waals surface area (Å²) in [5.74, 6) is 2.46. The summed E-state index contributed by atoms with van der Waals surface area (Å²) < 4.78 is 0. The first-order valence-electron chi connectivity index (χ1n) is 12.4. The van der Waals surface area contributed by atoms with E-state index in [0.29, 0.717) is 17.6 Å². The second-order valence-corrected chi connectivity index (χ2v) is 10.6. The number of aromatic nitrogens is 1. The zero-order valence-corrected chi connectivity index (χ0v) is 22.3. The number of likely N-dealkylation sites (tertiary alicyclic amines) is 1. The smallest absolute Gasteiger partial charge is 0.119 e. The maximum atomic E-state index is 8.77. The van der Waals surface area contributed by atoms with Crippen LogP contribution < -0.4 is 0 Å². The molecule has 5 nitrogen and oxygen atoms in total. The van der Waals surface area contributed by atoms with Crippen LogP contribution in [0.15, 0.2) is 13.2 Å². The van der Waals surface area contributed by atoms with Crippen LogP contribution >= 0.6 is 11.3 Å². The van der Waals surface area contributed by atoms with Gasteiger partial charge in [0.2, 0.25) is 0 Å². The third-order valence-corrected chi connectivity index (χ3v) is 7.33. The molecule has 6 heteroatoms. The van der Waals surface area contributed by atoms with Crippen LogP contribution in [-0.4, -0.2) is 45.6 Å². The predicted octanol–water partition coefficient (Wildman–Crippen LogP) is 7.22. The van der Waals surface area contributed by atoms with E-state index in [9.17, 15) is 0 Å². The van der Waals surface area contributed by atoms with E-state index >= 15 is 0 Å². The molecule has 2 unspecified atom stereocenters. The Balaban J connectivity index is 0.00000249. The van der Waals surface area contributed by atoms with Gasteiger partial charge in [-0.15, -0.1) is 24.5 Å². The van der Waals surface area contributed by atoms with Gasteiger partial charge in [-0.05, 0) is 51.5 Å². The molecule has 0 bridgehead atoms. The van der Waals surface area contributed by atoms with Crippen molar-refractivity contribution in [1.29, 1.82) is 10.8 Å². The van der Waals surface area contributed by atoms with Crippen LogP contribution in [-0.2, 0) is 6.54 Å². The number of aryl methyl sites for hydroxylation is 1. The van der Waals surface area contributed by atoms with Crippen LogP contribution in [0.2, 0.25) is 0 Å². The third-order valence-electron chi connectivity index (χ3n) is 6.36. The molecule has 2 heterocycles. The first kappa shape index (κ1) is 28.5. The van der Waals surface area contributed by atoms with E-state index in [1.54, 1.807) is 0 Å². The van der Waals surface area contributed by atoms with Crippen LogP contribution in [0.25, 0.3) is 0 Å². The van der Waals surface area contributed by atoms with Gasteiger partial charge in [-0.3, -0.25) is 15.7 Å². The fourth-order valence-electron chi connectivity index (χ4n) is 4.33. The van der Waals surface area contributed by atoms with Crippen molar-refractivity contribution in [2.45, 2.75) is 105 Å². The van der Waals surface area contributed by atoms with Crippen LogP contribution in [0.5, 0.6) is 0 Å². The Morgan fingerprint density at radius 3 is 2.47 bits per heavy atom. The molecule has 1 saturated heterocycles. The minimum absolute atomic E-state index is 0.00966. The van der Waals surface area contributed by atoms with Gasteiger partial charge in [0.15, 0.2) is 0 Å². The molecule has 0 aliphatic carbocycles. The lowest BCUT2D eigenvalue weighted by atomic mass is 9.97. The van der Waals surface area contributed by atoms with E-state index in [2.05, 4.69) is 59.6 Å². The number of likely N-dealkylation sites (N-methyl/N-ethyl adjacent to an activating group) is 1. The second kappa shape index (κ2) is 14.6. The topological polar surface area (TPSA) is 67.1 Å². The molecule has 1 fully saturated rings. The van der Waals surface area contributed by atoms with Crippen molar-refractivity contribution in [1.82, 2.24) is 14.8 Å². The Bertz CT molecular complexity index is 711. The van der Waals surface area contributed by atoms with Crippen molar-refractivity contribution in [3.05, 3.63) is 28.7 Å². The first-order valence-corrected chi connectivity index (χ1v) is 13.2. The number of hydrogen-bond acceptors (Lipinski definition) is 5. The van der Waals surface area contributed by atoms with Crippen LogP contribution in [0, 0.1) is 23.7 Å². The fourth-order valence-corrected chi connectivity index (χ4v) is 5.41. The molecule has 0 amide bonds. The van der Waals surface area contributed by atoms with E-state index in [1.165, 1.54) is 29.8 Å². The number of amidine groups is 2. The van der Waals surface area contributed by atoms with E-state index in [-0.39, 0.29) is 6.04 Å². The zero-order chi connectivity index (χ0) is 24.3. The summed E-state index contributed by atoms with van der Waals surface area (Å²) in [6.45, 7) is 21.8. The average molecular weight is 462 g/mol. The van der Waals surface area contributed by atoms with Gasteiger partial charge in [0.25, 0.3) is 0 Å². The molecule has 1 aromatic heterocycles. The van der Waals surface area contributed by atoms with Crippen molar-refractivity contribution < 1.29 is 0 Å². The standard InChI is InChI=1S/C24H43N5S.C2H4/c1-7-28(19(5)24(26)29-15-10-8-9-14-21(29)25)16-22-27-23(20(6)30-22)18(4)13-11-12-17(2)3;1-2/h17-19,25-26H,7-16H2,1-6H3;1-2H2. The minimum Gasteiger partial charge on any atom is -0.318 e. The molecule has 2 rings (SSSR count). The second-order valence-electron chi connectivity index (χ2n) is 9.31. The average Bonchev–Trinajstić information content (AvgIpc) is 3.00. The molecule has 0 saturated carbocycles. The van der Waals surface area contributed by atoms with E-state index in [4.69, 9.17) is 15.8 Å². The van der Waals surface area contributed by atoms with Gasteiger partial charge in [-0.1, -0.05) is 47.0 Å². The van der Waals surface area contributed by atoms with Crippen molar-refractivity contribution in [3.63, 3.8) is 0 Å². The third kappa shape index (κ3) is 8.43. The van der Waals surface area contributed by atoms with Gasteiger partial charge in [0.05, 0.1) is 18.3 Å². The minimum atomic E-state index is -0.00966. The van der Waals surface area contributed by atoms with Crippen molar-refractivity contribution >= 4 is 23.0 Å². The largest absolute Gasteiger partial charge is 0.318 e. The number of nitrogens with zero attached hydrogens (tertiary/aromatic N) is 3. The normalized spacial score (nSPS) is 16.5. The van der Waals surface area contributed by atoms with Crippen LogP contribution in [0.4, 0.5) is 0 Å². The van der Waals surface area contributed by atoms with Crippen molar-refractivity contribution in [3.8, 4) is 0 Å². The summed E-state index contributed by atoms with van der Waals surface area (Å²) in [5.41, 5.74) is 1.27. The highest BCUT2D eigenvalue weighted by Gasteiger charge is 2.26. The van der Waals surface area contributed by atoms with Gasteiger partial charge in [-0.25, -0.2) is 4.98 Å². The Morgan fingerprint density at radius 1 is 1.16 bits per heavy atom. The molecular weight excluding hydrogens is 414 g/mol. The zero-order valence-electron chi connectivity index (χ0n) is 21.5. The van der Waals surface area contributed by atoms with Gasteiger partial charge >= 0.3 is 0 Å². The van der Waals surface area contributed by atoms with E-state index in [0.717, 1.165) is 56.2 Å². The van der Waals surface area contributed by atoms with Gasteiger partial charge < -0.3 is 4.90 Å². The molecular formula is C26H47N5S. The lowest BCUT2D eigenvalue weighted by molar-refractivity contribution is 0.247. The summed E-state index contributed by atoms with van der Waals surface area (Å²) in [4.78, 5) is 10.6. The molecule has 1 aliphatic heterocycles. The highest BCUT2D eigenvalue weighted by Crippen LogP contribution is 2.29. The molecule has 2 N–H and O–H groups in total. The Kier molecular flexibility index (Phi) is 13.0. The quantitative estimate of drug-likeness (QED) is 0.219. The number of nitrogens with one attached hydrogen (secondary N) is 2. The highest BCUT2D eigenvalue weighted by molar-refractivity contribution is 7.11.